The lowest BCUT2D eigenvalue weighted by Gasteiger charge is -2.05. The molecule has 1 fully saturated rings. The van der Waals surface area contributed by atoms with Gasteiger partial charge in [-0.15, -0.1) is 0 Å². The number of aromatic nitrogens is 3. The van der Waals surface area contributed by atoms with Crippen LogP contribution in [0.1, 0.15) is 53.4 Å². The van der Waals surface area contributed by atoms with Crippen molar-refractivity contribution < 1.29 is 14.4 Å². The molecule has 106 valence electrons. The molecule has 0 radical (unpaired) electrons. The second-order valence-corrected chi connectivity index (χ2v) is 5.32. The number of carboxylic acid groups (broad SMARTS) is 1. The number of rotatable bonds is 3. The van der Waals surface area contributed by atoms with Gasteiger partial charge in [0, 0.05) is 24.2 Å². The van der Waals surface area contributed by atoms with Gasteiger partial charge in [-0.25, -0.2) is 4.79 Å². The number of hydrogen-bond acceptors (Lipinski definition) is 4. The van der Waals surface area contributed by atoms with Gasteiger partial charge < -0.3 is 9.63 Å². The van der Waals surface area contributed by atoms with Gasteiger partial charge in [0.15, 0.2) is 5.76 Å². The molecule has 0 bridgehead atoms. The van der Waals surface area contributed by atoms with Gasteiger partial charge in [0.2, 0.25) is 0 Å². The number of hydrogen-bond donors (Lipinski definition) is 1. The highest BCUT2D eigenvalue weighted by Crippen LogP contribution is 2.39. The molecule has 6 nitrogen and oxygen atoms in total. The van der Waals surface area contributed by atoms with Gasteiger partial charge in [-0.2, -0.15) is 5.10 Å². The minimum Gasteiger partial charge on any atom is -0.477 e. The van der Waals surface area contributed by atoms with E-state index >= 15 is 0 Å². The first-order valence-electron chi connectivity index (χ1n) is 6.81. The first kappa shape index (κ1) is 12.9. The summed E-state index contributed by atoms with van der Waals surface area (Å²) in [4.78, 5) is 11.6. The van der Waals surface area contributed by atoms with Crippen LogP contribution in [0.4, 0.5) is 0 Å². The van der Waals surface area contributed by atoms with Crippen LogP contribution in [0.25, 0.3) is 11.3 Å². The van der Waals surface area contributed by atoms with Gasteiger partial charge in [-0.05, 0) is 19.8 Å². The lowest BCUT2D eigenvalue weighted by Crippen LogP contribution is -2.04. The summed E-state index contributed by atoms with van der Waals surface area (Å²) in [5, 5.41) is 17.7. The molecule has 0 aromatic carbocycles. The Labute approximate surface area is 116 Å². The topological polar surface area (TPSA) is 81.2 Å². The van der Waals surface area contributed by atoms with Crippen molar-refractivity contribution in [3.05, 3.63) is 23.2 Å². The van der Waals surface area contributed by atoms with Crippen LogP contribution < -0.4 is 0 Å². The summed E-state index contributed by atoms with van der Waals surface area (Å²) in [5.74, 6) is -0.279. The fourth-order valence-corrected chi connectivity index (χ4v) is 2.89. The van der Waals surface area contributed by atoms with E-state index in [1.54, 1.807) is 10.9 Å². The van der Waals surface area contributed by atoms with E-state index in [0.29, 0.717) is 11.5 Å². The largest absolute Gasteiger partial charge is 0.477 e. The minimum atomic E-state index is -0.980. The Morgan fingerprint density at radius 1 is 1.45 bits per heavy atom. The standard InChI is InChI=1S/C14H17N3O3/c1-8-10(7-15-17(8)2)12-11(14(18)19)13(20-16-12)9-5-3-4-6-9/h7,9H,3-6H2,1-2H3,(H,18,19). The van der Waals surface area contributed by atoms with Crippen molar-refractivity contribution in [2.24, 2.45) is 7.05 Å². The molecule has 1 aliphatic rings. The summed E-state index contributed by atoms with van der Waals surface area (Å²) >= 11 is 0. The van der Waals surface area contributed by atoms with Crippen LogP contribution in [0, 0.1) is 6.92 Å². The highest BCUT2D eigenvalue weighted by Gasteiger charge is 2.31. The summed E-state index contributed by atoms with van der Waals surface area (Å²) in [7, 11) is 1.82. The number of carbonyl (C=O) groups is 1. The van der Waals surface area contributed by atoms with Crippen LogP contribution in [0.2, 0.25) is 0 Å². The van der Waals surface area contributed by atoms with E-state index in [2.05, 4.69) is 10.3 Å². The predicted octanol–water partition coefficient (Wildman–Crippen LogP) is 2.74. The molecule has 0 atom stereocenters. The van der Waals surface area contributed by atoms with Crippen LogP contribution >= 0.6 is 0 Å². The highest BCUT2D eigenvalue weighted by molar-refractivity contribution is 5.96. The van der Waals surface area contributed by atoms with Gasteiger partial charge in [0.1, 0.15) is 11.3 Å². The van der Waals surface area contributed by atoms with Gasteiger partial charge in [-0.1, -0.05) is 18.0 Å². The summed E-state index contributed by atoms with van der Waals surface area (Å²) < 4.78 is 7.09. The van der Waals surface area contributed by atoms with E-state index in [1.165, 1.54) is 0 Å². The Morgan fingerprint density at radius 3 is 2.70 bits per heavy atom. The first-order valence-corrected chi connectivity index (χ1v) is 6.81. The number of carboxylic acids is 1. The Morgan fingerprint density at radius 2 is 2.15 bits per heavy atom. The van der Waals surface area contributed by atoms with Crippen molar-refractivity contribution in [1.82, 2.24) is 14.9 Å². The zero-order valence-electron chi connectivity index (χ0n) is 11.6. The summed E-state index contributed by atoms with van der Waals surface area (Å²) in [6.07, 6.45) is 5.82. The lowest BCUT2D eigenvalue weighted by molar-refractivity contribution is 0.0694. The second kappa shape index (κ2) is 4.77. The Bertz CT molecular complexity index is 651. The average molecular weight is 275 g/mol. The van der Waals surface area contributed by atoms with E-state index < -0.39 is 5.97 Å². The Balaban J connectivity index is 2.12. The molecule has 0 amide bonds. The molecular weight excluding hydrogens is 258 g/mol. The molecule has 1 saturated carbocycles. The molecule has 2 heterocycles. The Hall–Kier alpha value is -2.11. The van der Waals surface area contributed by atoms with Gasteiger partial charge in [0.05, 0.1) is 6.20 Å². The van der Waals surface area contributed by atoms with Crippen molar-refractivity contribution in [3.63, 3.8) is 0 Å². The van der Waals surface area contributed by atoms with Crippen molar-refractivity contribution in [2.45, 2.75) is 38.5 Å². The first-order chi connectivity index (χ1) is 9.59. The summed E-state index contributed by atoms with van der Waals surface area (Å²) in [6.45, 7) is 1.89. The maximum atomic E-state index is 11.6. The van der Waals surface area contributed by atoms with E-state index in [0.717, 1.165) is 36.9 Å². The molecule has 0 saturated heterocycles. The second-order valence-electron chi connectivity index (χ2n) is 5.32. The normalized spacial score (nSPS) is 15.9. The molecule has 0 aliphatic heterocycles. The van der Waals surface area contributed by atoms with Gasteiger partial charge in [-0.3, -0.25) is 4.68 Å². The molecule has 2 aromatic heterocycles. The average Bonchev–Trinajstić information content (AvgIpc) is 3.10. The zero-order valence-corrected chi connectivity index (χ0v) is 11.6. The van der Waals surface area contributed by atoms with E-state index in [9.17, 15) is 9.90 Å². The molecule has 6 heteroatoms. The predicted molar refractivity (Wildman–Crippen MR) is 71.6 cm³/mol. The Kier molecular flexibility index (Phi) is 3.08. The van der Waals surface area contributed by atoms with Crippen LogP contribution in [-0.4, -0.2) is 26.0 Å². The SMILES string of the molecule is Cc1c(-c2noc(C3CCCC3)c2C(=O)O)cnn1C. The van der Waals surface area contributed by atoms with Crippen LogP contribution in [0.5, 0.6) is 0 Å². The molecule has 3 rings (SSSR count). The number of aromatic carboxylic acids is 1. The summed E-state index contributed by atoms with van der Waals surface area (Å²) in [5.41, 5.74) is 2.19. The third-order valence-corrected chi connectivity index (χ3v) is 4.15. The number of aryl methyl sites for hydroxylation is 1. The third kappa shape index (κ3) is 1.92. The lowest BCUT2D eigenvalue weighted by atomic mass is 9.98. The molecule has 1 N–H and O–H groups in total. The number of nitrogens with zero attached hydrogens (tertiary/aromatic N) is 3. The van der Waals surface area contributed by atoms with Crippen molar-refractivity contribution in [3.8, 4) is 11.3 Å². The van der Waals surface area contributed by atoms with Crippen LogP contribution in [0.3, 0.4) is 0 Å². The smallest absolute Gasteiger partial charge is 0.341 e. The van der Waals surface area contributed by atoms with Crippen LogP contribution in [0.15, 0.2) is 10.7 Å². The highest BCUT2D eigenvalue weighted by atomic mass is 16.5. The monoisotopic (exact) mass is 275 g/mol. The molecule has 1 aliphatic carbocycles. The minimum absolute atomic E-state index is 0.180. The van der Waals surface area contributed by atoms with Crippen molar-refractivity contribution in [1.29, 1.82) is 0 Å². The van der Waals surface area contributed by atoms with Crippen molar-refractivity contribution >= 4 is 5.97 Å². The molecule has 0 unspecified atom stereocenters. The molecular formula is C14H17N3O3. The molecule has 20 heavy (non-hydrogen) atoms. The quantitative estimate of drug-likeness (QED) is 0.931. The van der Waals surface area contributed by atoms with Gasteiger partial charge >= 0.3 is 5.97 Å². The van der Waals surface area contributed by atoms with E-state index in [4.69, 9.17) is 4.52 Å². The summed E-state index contributed by atoms with van der Waals surface area (Å²) in [6, 6.07) is 0. The maximum Gasteiger partial charge on any atom is 0.341 e. The van der Waals surface area contributed by atoms with E-state index in [-0.39, 0.29) is 11.5 Å². The third-order valence-electron chi connectivity index (χ3n) is 4.15. The van der Waals surface area contributed by atoms with E-state index in [1.807, 2.05) is 14.0 Å². The molecule has 2 aromatic rings. The fourth-order valence-electron chi connectivity index (χ4n) is 2.89. The van der Waals surface area contributed by atoms with Crippen LogP contribution in [-0.2, 0) is 7.05 Å². The van der Waals surface area contributed by atoms with Crippen molar-refractivity contribution in [2.75, 3.05) is 0 Å². The zero-order chi connectivity index (χ0) is 14.3. The maximum absolute atomic E-state index is 11.6. The fraction of sp³-hybridized carbons (Fsp3) is 0.500. The van der Waals surface area contributed by atoms with Gasteiger partial charge in [0.25, 0.3) is 0 Å². The molecule has 0 spiro atoms.